The second-order valence-electron chi connectivity index (χ2n) is 8.55. The van der Waals surface area contributed by atoms with Crippen molar-refractivity contribution < 1.29 is 28.6 Å². The molecule has 2 bridgehead atoms. The summed E-state index contributed by atoms with van der Waals surface area (Å²) in [6, 6.07) is 3.21. The van der Waals surface area contributed by atoms with Crippen molar-refractivity contribution in [1.82, 2.24) is 9.91 Å². The summed E-state index contributed by atoms with van der Waals surface area (Å²) < 4.78 is 16.3. The Morgan fingerprint density at radius 3 is 2.48 bits per heavy atom. The van der Waals surface area contributed by atoms with Gasteiger partial charge in [-0.25, -0.2) is 0 Å². The number of carbonyl (C=O) groups is 3. The van der Waals surface area contributed by atoms with Crippen LogP contribution in [0.3, 0.4) is 0 Å². The number of amides is 3. The average molecular weight is 474 g/mol. The van der Waals surface area contributed by atoms with Crippen molar-refractivity contribution in [2.75, 3.05) is 40.0 Å². The molecule has 2 saturated heterocycles. The minimum absolute atomic E-state index is 0.128. The highest BCUT2D eigenvalue weighted by Gasteiger charge is 2.59. The normalized spacial score (nSPS) is 28.2. The first-order chi connectivity index (χ1) is 16.0. The van der Waals surface area contributed by atoms with Gasteiger partial charge in [0.05, 0.1) is 43.4 Å². The molecule has 2 heterocycles. The molecular weight excluding hydrogens is 450 g/mol. The first-order valence-electron chi connectivity index (χ1n) is 10.9. The highest BCUT2D eigenvalue weighted by Crippen LogP contribution is 2.52. The second-order valence-corrected chi connectivity index (χ2v) is 8.96. The molecule has 3 amide bonds. The van der Waals surface area contributed by atoms with Crippen molar-refractivity contribution >= 4 is 35.5 Å². The van der Waals surface area contributed by atoms with Gasteiger partial charge in [-0.15, -0.1) is 0 Å². The molecule has 2 aliphatic carbocycles. The molecule has 1 saturated carbocycles. The number of hydrazone groups is 1. The highest BCUT2D eigenvalue weighted by atomic mass is 35.5. The third-order valence-corrected chi connectivity index (χ3v) is 7.01. The third kappa shape index (κ3) is 3.89. The van der Waals surface area contributed by atoms with E-state index in [0.717, 1.165) is 11.4 Å². The Labute approximate surface area is 195 Å². The first-order valence-corrected chi connectivity index (χ1v) is 11.3. The lowest BCUT2D eigenvalue weighted by molar-refractivity contribution is -0.140. The molecule has 4 aliphatic rings. The summed E-state index contributed by atoms with van der Waals surface area (Å²) in [5.74, 6) is -0.464. The standard InChI is InChI=1S/C23H24ClN3O6/c1-31-17-9-13(8-16(24)21(17)33-12-18(28)26-4-6-32-7-5-26)11-25-27-22(29)19-14-2-3-15(10-14)20(19)23(27)30/h2-3,8-9,11,14-15,19-20H,4-7,10,12H2,1H3. The van der Waals surface area contributed by atoms with Crippen LogP contribution in [-0.2, 0) is 19.1 Å². The fraction of sp³-hybridized carbons (Fsp3) is 0.478. The van der Waals surface area contributed by atoms with Gasteiger partial charge in [-0.2, -0.15) is 10.1 Å². The first kappa shape index (κ1) is 21.9. The number of rotatable bonds is 6. The molecule has 1 aromatic carbocycles. The average Bonchev–Trinajstić information content (AvgIpc) is 3.51. The Balaban J connectivity index is 1.28. The molecule has 4 unspecified atom stereocenters. The van der Waals surface area contributed by atoms with Gasteiger partial charge < -0.3 is 19.1 Å². The van der Waals surface area contributed by atoms with Crippen molar-refractivity contribution in [3.05, 3.63) is 34.9 Å². The Morgan fingerprint density at radius 2 is 1.85 bits per heavy atom. The molecule has 174 valence electrons. The summed E-state index contributed by atoms with van der Waals surface area (Å²) in [7, 11) is 1.46. The van der Waals surface area contributed by atoms with Crippen LogP contribution in [0.15, 0.2) is 29.4 Å². The summed E-state index contributed by atoms with van der Waals surface area (Å²) in [5.41, 5.74) is 0.530. The topological polar surface area (TPSA) is 97.7 Å². The van der Waals surface area contributed by atoms with Crippen LogP contribution in [0, 0.1) is 23.7 Å². The quantitative estimate of drug-likeness (QED) is 0.354. The number of halogens is 1. The van der Waals surface area contributed by atoms with Gasteiger partial charge >= 0.3 is 0 Å². The fourth-order valence-electron chi connectivity index (χ4n) is 5.12. The molecule has 2 aliphatic heterocycles. The van der Waals surface area contributed by atoms with Crippen molar-refractivity contribution in [1.29, 1.82) is 0 Å². The summed E-state index contributed by atoms with van der Waals surface area (Å²) >= 11 is 6.39. The van der Waals surface area contributed by atoms with Gasteiger partial charge in [0.1, 0.15) is 0 Å². The van der Waals surface area contributed by atoms with Gasteiger partial charge in [0.2, 0.25) is 0 Å². The van der Waals surface area contributed by atoms with E-state index in [1.807, 2.05) is 12.2 Å². The molecule has 0 N–H and O–H groups in total. The molecule has 9 nitrogen and oxygen atoms in total. The molecular formula is C23H24ClN3O6. The van der Waals surface area contributed by atoms with E-state index in [1.165, 1.54) is 13.3 Å². The lowest BCUT2D eigenvalue weighted by Gasteiger charge is -2.26. The van der Waals surface area contributed by atoms with Crippen LogP contribution >= 0.6 is 11.6 Å². The number of methoxy groups -OCH3 is 1. The summed E-state index contributed by atoms with van der Waals surface area (Å²) in [6.45, 7) is 1.88. The summed E-state index contributed by atoms with van der Waals surface area (Å²) in [4.78, 5) is 39.6. The van der Waals surface area contributed by atoms with Crippen LogP contribution in [0.4, 0.5) is 0 Å². The maximum atomic E-state index is 12.8. The monoisotopic (exact) mass is 473 g/mol. The number of carbonyl (C=O) groups excluding carboxylic acids is 3. The minimum atomic E-state index is -0.303. The zero-order valence-electron chi connectivity index (χ0n) is 18.1. The Kier molecular flexibility index (Phi) is 5.84. The van der Waals surface area contributed by atoms with E-state index in [9.17, 15) is 14.4 Å². The van der Waals surface area contributed by atoms with Crippen molar-refractivity contribution in [3.8, 4) is 11.5 Å². The Bertz CT molecular complexity index is 1020. The number of hydrogen-bond acceptors (Lipinski definition) is 7. The van der Waals surface area contributed by atoms with E-state index in [2.05, 4.69) is 5.10 Å². The van der Waals surface area contributed by atoms with Crippen molar-refractivity contribution in [3.63, 3.8) is 0 Å². The highest BCUT2D eigenvalue weighted by molar-refractivity contribution is 6.32. The lowest BCUT2D eigenvalue weighted by Crippen LogP contribution is -2.43. The Hall–Kier alpha value is -2.91. The zero-order chi connectivity index (χ0) is 23.1. The second kappa shape index (κ2) is 8.79. The van der Waals surface area contributed by atoms with E-state index >= 15 is 0 Å². The number of hydrogen-bond donors (Lipinski definition) is 0. The Morgan fingerprint density at radius 1 is 1.18 bits per heavy atom. The van der Waals surface area contributed by atoms with Crippen LogP contribution in [0.5, 0.6) is 11.5 Å². The predicted molar refractivity (Wildman–Crippen MR) is 118 cm³/mol. The molecule has 1 aromatic rings. The van der Waals surface area contributed by atoms with Gasteiger partial charge in [0, 0.05) is 13.1 Å². The number of allylic oxidation sites excluding steroid dienone is 2. The smallest absolute Gasteiger partial charge is 0.260 e. The molecule has 0 radical (unpaired) electrons. The minimum Gasteiger partial charge on any atom is -0.493 e. The van der Waals surface area contributed by atoms with Gasteiger partial charge in [0.15, 0.2) is 18.1 Å². The van der Waals surface area contributed by atoms with E-state index in [1.54, 1.807) is 17.0 Å². The van der Waals surface area contributed by atoms with Crippen LogP contribution in [0.2, 0.25) is 5.02 Å². The van der Waals surface area contributed by atoms with Gasteiger partial charge in [0.25, 0.3) is 17.7 Å². The summed E-state index contributed by atoms with van der Waals surface area (Å²) in [6.07, 6.45) is 6.35. The van der Waals surface area contributed by atoms with Crippen LogP contribution < -0.4 is 9.47 Å². The molecule has 4 atom stereocenters. The van der Waals surface area contributed by atoms with E-state index in [-0.39, 0.29) is 58.8 Å². The van der Waals surface area contributed by atoms with Crippen molar-refractivity contribution in [2.24, 2.45) is 28.8 Å². The summed E-state index contributed by atoms with van der Waals surface area (Å²) in [5, 5.41) is 5.38. The number of morpholine rings is 1. The van der Waals surface area contributed by atoms with Crippen LogP contribution in [-0.4, -0.2) is 73.9 Å². The maximum absolute atomic E-state index is 12.8. The molecule has 10 heteroatoms. The third-order valence-electron chi connectivity index (χ3n) is 6.72. The number of benzene rings is 1. The van der Waals surface area contributed by atoms with E-state index in [4.69, 9.17) is 25.8 Å². The molecule has 3 fully saturated rings. The predicted octanol–water partition coefficient (Wildman–Crippen LogP) is 1.73. The van der Waals surface area contributed by atoms with Crippen molar-refractivity contribution in [2.45, 2.75) is 6.42 Å². The molecule has 0 aromatic heterocycles. The van der Waals surface area contributed by atoms with Gasteiger partial charge in [-0.1, -0.05) is 23.8 Å². The number of imide groups is 1. The fourth-order valence-corrected chi connectivity index (χ4v) is 5.39. The molecule has 0 spiro atoms. The number of fused-ring (bicyclic) bond motifs is 5. The van der Waals surface area contributed by atoms with Crippen LogP contribution in [0.25, 0.3) is 0 Å². The largest absolute Gasteiger partial charge is 0.493 e. The van der Waals surface area contributed by atoms with E-state index in [0.29, 0.717) is 37.6 Å². The van der Waals surface area contributed by atoms with Gasteiger partial charge in [-0.3, -0.25) is 14.4 Å². The number of ether oxygens (including phenoxy) is 3. The van der Waals surface area contributed by atoms with Gasteiger partial charge in [-0.05, 0) is 36.0 Å². The molecule has 5 rings (SSSR count). The maximum Gasteiger partial charge on any atom is 0.260 e. The lowest BCUT2D eigenvalue weighted by atomic mass is 9.85. The van der Waals surface area contributed by atoms with E-state index < -0.39 is 0 Å². The molecule has 33 heavy (non-hydrogen) atoms. The SMILES string of the molecule is COc1cc(C=NN2C(=O)C3C4C=CC(C4)C3C2=O)cc(Cl)c1OCC(=O)N1CCOCC1. The number of nitrogens with zero attached hydrogens (tertiary/aromatic N) is 3. The van der Waals surface area contributed by atoms with Crippen LogP contribution in [0.1, 0.15) is 12.0 Å². The zero-order valence-corrected chi connectivity index (χ0v) is 18.9.